The molecule has 31 heavy (non-hydrogen) atoms. The van der Waals surface area contributed by atoms with Crippen LogP contribution in [0, 0.1) is 0 Å². The van der Waals surface area contributed by atoms with Crippen LogP contribution in [-0.4, -0.2) is 56.8 Å². The van der Waals surface area contributed by atoms with Crippen LogP contribution in [-0.2, 0) is 26.1 Å². The summed E-state index contributed by atoms with van der Waals surface area (Å²) in [6.07, 6.45) is -0.761. The summed E-state index contributed by atoms with van der Waals surface area (Å²) in [5, 5.41) is 2.77. The molecule has 1 N–H and O–H groups in total. The van der Waals surface area contributed by atoms with Gasteiger partial charge in [-0.3, -0.25) is 9.59 Å². The van der Waals surface area contributed by atoms with Crippen LogP contribution in [0.1, 0.15) is 29.8 Å². The van der Waals surface area contributed by atoms with Gasteiger partial charge in [0.1, 0.15) is 5.75 Å². The molecular formula is C22H26N2O6S. The molecule has 1 heterocycles. The van der Waals surface area contributed by atoms with Gasteiger partial charge in [0, 0.05) is 25.2 Å². The van der Waals surface area contributed by atoms with Crippen molar-refractivity contribution in [2.75, 3.05) is 26.3 Å². The molecule has 2 aromatic rings. The summed E-state index contributed by atoms with van der Waals surface area (Å²) in [4.78, 5) is 24.0. The van der Waals surface area contributed by atoms with Crippen LogP contribution in [0.4, 0.5) is 0 Å². The Labute approximate surface area is 182 Å². The maximum atomic E-state index is 12.7. The summed E-state index contributed by atoms with van der Waals surface area (Å²) in [7, 11) is -3.55. The number of Topliss-reactive ketones (excluding diaryl/α,β-unsaturated/α-hetero) is 1. The number of nitrogens with zero attached hydrogens (tertiary/aromatic N) is 1. The van der Waals surface area contributed by atoms with Crippen LogP contribution in [0.25, 0.3) is 0 Å². The van der Waals surface area contributed by atoms with Crippen molar-refractivity contribution in [3.63, 3.8) is 0 Å². The summed E-state index contributed by atoms with van der Waals surface area (Å²) in [6.45, 7) is 4.78. The lowest BCUT2D eigenvalue weighted by Gasteiger charge is -2.26. The summed E-state index contributed by atoms with van der Waals surface area (Å²) in [5.74, 6) is 0.0351. The van der Waals surface area contributed by atoms with Crippen LogP contribution in [0.15, 0.2) is 53.4 Å². The van der Waals surface area contributed by atoms with Gasteiger partial charge in [0.05, 0.1) is 18.1 Å². The maximum absolute atomic E-state index is 12.7. The second-order valence-electron chi connectivity index (χ2n) is 7.22. The van der Waals surface area contributed by atoms with Crippen LogP contribution >= 0.6 is 0 Å². The van der Waals surface area contributed by atoms with Crippen molar-refractivity contribution in [3.8, 4) is 5.75 Å². The third-order valence-electron chi connectivity index (χ3n) is 4.92. The highest BCUT2D eigenvalue weighted by Gasteiger charge is 2.26. The highest BCUT2D eigenvalue weighted by molar-refractivity contribution is 7.89. The number of nitrogens with one attached hydrogen (secondary N) is 1. The molecule has 0 spiro atoms. The second kappa shape index (κ2) is 10.0. The number of morpholine rings is 1. The van der Waals surface area contributed by atoms with Crippen molar-refractivity contribution in [1.82, 2.24) is 9.62 Å². The fourth-order valence-electron chi connectivity index (χ4n) is 3.09. The molecule has 0 aliphatic carbocycles. The Balaban J connectivity index is 1.55. The number of hydrogen-bond donors (Lipinski definition) is 1. The predicted molar refractivity (Wildman–Crippen MR) is 114 cm³/mol. The lowest BCUT2D eigenvalue weighted by Crippen LogP contribution is -2.40. The summed E-state index contributed by atoms with van der Waals surface area (Å²) in [5.41, 5.74) is 1.28. The van der Waals surface area contributed by atoms with Gasteiger partial charge in [0.2, 0.25) is 10.0 Å². The van der Waals surface area contributed by atoms with Crippen LogP contribution < -0.4 is 10.1 Å². The molecule has 0 saturated carbocycles. The van der Waals surface area contributed by atoms with E-state index in [1.54, 1.807) is 55.5 Å². The van der Waals surface area contributed by atoms with Crippen molar-refractivity contribution in [2.24, 2.45) is 0 Å². The molecule has 9 heteroatoms. The predicted octanol–water partition coefficient (Wildman–Crippen LogP) is 1.99. The number of carbonyl (C=O) groups excluding carboxylic acids is 2. The lowest BCUT2D eigenvalue weighted by atomic mass is 10.1. The molecule has 1 aliphatic heterocycles. The number of ketones is 1. The monoisotopic (exact) mass is 446 g/mol. The molecule has 0 bridgehead atoms. The van der Waals surface area contributed by atoms with Crippen LogP contribution in [0.3, 0.4) is 0 Å². The molecule has 0 aromatic heterocycles. The van der Waals surface area contributed by atoms with Crippen molar-refractivity contribution in [2.45, 2.75) is 31.4 Å². The summed E-state index contributed by atoms with van der Waals surface area (Å²) < 4.78 is 37.6. The molecule has 1 atom stereocenters. The largest absolute Gasteiger partial charge is 0.481 e. The van der Waals surface area contributed by atoms with Gasteiger partial charge >= 0.3 is 0 Å². The smallest absolute Gasteiger partial charge is 0.261 e. The molecule has 1 amide bonds. The van der Waals surface area contributed by atoms with E-state index in [1.165, 1.54) is 11.2 Å². The normalized spacial score (nSPS) is 15.8. The van der Waals surface area contributed by atoms with Gasteiger partial charge in [-0.25, -0.2) is 8.42 Å². The standard InChI is InChI=1S/C22H26N2O6S/c1-16(25)19-4-3-5-20(14-19)30-17(2)22(26)23-15-18-6-8-21(9-7-18)31(27,28)24-10-12-29-13-11-24/h3-9,14,17H,10-13,15H2,1-2H3,(H,23,26). The third-order valence-corrected chi connectivity index (χ3v) is 6.83. The molecule has 1 fully saturated rings. The highest BCUT2D eigenvalue weighted by atomic mass is 32.2. The van der Waals surface area contributed by atoms with Gasteiger partial charge < -0.3 is 14.8 Å². The molecule has 8 nitrogen and oxygen atoms in total. The number of rotatable bonds is 8. The number of carbonyl (C=O) groups is 2. The Kier molecular flexibility index (Phi) is 7.42. The van der Waals surface area contributed by atoms with Gasteiger partial charge in [0.15, 0.2) is 11.9 Å². The minimum atomic E-state index is -3.55. The van der Waals surface area contributed by atoms with Crippen molar-refractivity contribution in [1.29, 1.82) is 0 Å². The number of sulfonamides is 1. The van der Waals surface area contributed by atoms with E-state index in [1.807, 2.05) is 0 Å². The van der Waals surface area contributed by atoms with Gasteiger partial charge in [-0.05, 0) is 43.7 Å². The molecule has 3 rings (SSSR count). The van der Waals surface area contributed by atoms with Crippen LogP contribution in [0.2, 0.25) is 0 Å². The molecule has 166 valence electrons. The van der Waals surface area contributed by atoms with Crippen LogP contribution in [0.5, 0.6) is 5.75 Å². The minimum absolute atomic E-state index is 0.0818. The first-order chi connectivity index (χ1) is 14.8. The Morgan fingerprint density at radius 2 is 1.81 bits per heavy atom. The zero-order valence-corrected chi connectivity index (χ0v) is 18.4. The van der Waals surface area contributed by atoms with Crippen molar-refractivity contribution >= 4 is 21.7 Å². The van der Waals surface area contributed by atoms with E-state index in [4.69, 9.17) is 9.47 Å². The molecular weight excluding hydrogens is 420 g/mol. The quantitative estimate of drug-likeness (QED) is 0.623. The van der Waals surface area contributed by atoms with E-state index in [2.05, 4.69) is 5.32 Å². The average Bonchev–Trinajstić information content (AvgIpc) is 2.78. The molecule has 1 saturated heterocycles. The van der Waals surface area contributed by atoms with E-state index >= 15 is 0 Å². The minimum Gasteiger partial charge on any atom is -0.481 e. The summed E-state index contributed by atoms with van der Waals surface area (Å²) >= 11 is 0. The zero-order chi connectivity index (χ0) is 22.4. The van der Waals surface area contributed by atoms with Gasteiger partial charge in [-0.2, -0.15) is 4.31 Å². The van der Waals surface area contributed by atoms with Crippen molar-refractivity contribution in [3.05, 3.63) is 59.7 Å². The van der Waals surface area contributed by atoms with Gasteiger partial charge in [0.25, 0.3) is 5.91 Å². The molecule has 2 aromatic carbocycles. The van der Waals surface area contributed by atoms with E-state index in [0.29, 0.717) is 37.6 Å². The first-order valence-corrected chi connectivity index (χ1v) is 11.4. The van der Waals surface area contributed by atoms with Crippen molar-refractivity contribution < 1.29 is 27.5 Å². The fraction of sp³-hybridized carbons (Fsp3) is 0.364. The Hall–Kier alpha value is -2.75. The number of ether oxygens (including phenoxy) is 2. The Morgan fingerprint density at radius 1 is 1.13 bits per heavy atom. The Morgan fingerprint density at radius 3 is 2.45 bits per heavy atom. The lowest BCUT2D eigenvalue weighted by molar-refractivity contribution is -0.127. The second-order valence-corrected chi connectivity index (χ2v) is 9.16. The first-order valence-electron chi connectivity index (χ1n) is 9.99. The SMILES string of the molecule is CC(=O)c1cccc(OC(C)C(=O)NCc2ccc(S(=O)(=O)N3CCOCC3)cc2)c1. The van der Waals surface area contributed by atoms with Gasteiger partial charge in [-0.1, -0.05) is 24.3 Å². The zero-order valence-electron chi connectivity index (χ0n) is 17.5. The molecule has 0 radical (unpaired) electrons. The molecule has 1 aliphatic rings. The van der Waals surface area contributed by atoms with E-state index < -0.39 is 16.1 Å². The van der Waals surface area contributed by atoms with Gasteiger partial charge in [-0.15, -0.1) is 0 Å². The van der Waals surface area contributed by atoms with E-state index in [-0.39, 0.29) is 23.1 Å². The number of amides is 1. The highest BCUT2D eigenvalue weighted by Crippen LogP contribution is 2.18. The average molecular weight is 447 g/mol. The Bertz CT molecular complexity index is 1030. The first kappa shape index (κ1) is 22.9. The molecule has 1 unspecified atom stereocenters. The number of benzene rings is 2. The third kappa shape index (κ3) is 5.90. The number of hydrogen-bond acceptors (Lipinski definition) is 6. The maximum Gasteiger partial charge on any atom is 0.261 e. The topological polar surface area (TPSA) is 102 Å². The fourth-order valence-corrected chi connectivity index (χ4v) is 4.50. The van der Waals surface area contributed by atoms with E-state index in [0.717, 1.165) is 5.56 Å². The van der Waals surface area contributed by atoms with E-state index in [9.17, 15) is 18.0 Å². The summed E-state index contributed by atoms with van der Waals surface area (Å²) in [6, 6.07) is 13.1.